The molecule has 1 saturated heterocycles. The van der Waals surface area contributed by atoms with Crippen molar-refractivity contribution in [1.82, 2.24) is 4.90 Å². The van der Waals surface area contributed by atoms with E-state index in [9.17, 15) is 5.11 Å². The summed E-state index contributed by atoms with van der Waals surface area (Å²) in [4.78, 5) is 2.49. The smallest absolute Gasteiger partial charge is 0.0819 e. The highest BCUT2D eigenvalue weighted by molar-refractivity contribution is 5.18. The second-order valence-corrected chi connectivity index (χ2v) is 7.29. The second kappa shape index (κ2) is 7.76. The van der Waals surface area contributed by atoms with Crippen LogP contribution in [0.2, 0.25) is 0 Å². The lowest BCUT2D eigenvalue weighted by Gasteiger charge is -2.38. The Morgan fingerprint density at radius 3 is 2.50 bits per heavy atom. The summed E-state index contributed by atoms with van der Waals surface area (Å²) in [6.07, 6.45) is 3.34. The number of hydrogen-bond donors (Lipinski definition) is 1. The highest BCUT2D eigenvalue weighted by Gasteiger charge is 2.29. The van der Waals surface area contributed by atoms with Crippen LogP contribution in [0.15, 0.2) is 30.3 Å². The number of nitrogens with zero attached hydrogens (tertiary/aromatic N) is 2. The Balaban J connectivity index is 1.82. The maximum atomic E-state index is 10.5. The van der Waals surface area contributed by atoms with Gasteiger partial charge in [-0.1, -0.05) is 44.2 Å². The molecule has 0 saturated carbocycles. The molecule has 1 heterocycles. The molecule has 22 heavy (non-hydrogen) atoms. The zero-order chi connectivity index (χ0) is 16.0. The molecule has 1 aromatic carbocycles. The molecule has 1 atom stereocenters. The summed E-state index contributed by atoms with van der Waals surface area (Å²) in [5, 5.41) is 19.3. The number of aliphatic hydroxyl groups excluding tert-OH is 1. The first-order chi connectivity index (χ1) is 10.5. The lowest BCUT2D eigenvalue weighted by molar-refractivity contribution is 0.0464. The van der Waals surface area contributed by atoms with Crippen molar-refractivity contribution in [1.29, 1.82) is 5.26 Å². The number of likely N-dealkylation sites (tertiary alicyclic amines) is 1. The topological polar surface area (TPSA) is 47.3 Å². The highest BCUT2D eigenvalue weighted by Crippen LogP contribution is 2.32. The lowest BCUT2D eigenvalue weighted by Crippen LogP contribution is -2.41. The predicted molar refractivity (Wildman–Crippen MR) is 89.2 cm³/mol. The first-order valence-electron chi connectivity index (χ1n) is 8.34. The van der Waals surface area contributed by atoms with Crippen molar-refractivity contribution in [2.24, 2.45) is 11.3 Å². The van der Waals surface area contributed by atoms with Crippen LogP contribution in [0.5, 0.6) is 0 Å². The first-order valence-corrected chi connectivity index (χ1v) is 8.34. The first kappa shape index (κ1) is 17.0. The zero-order valence-corrected chi connectivity index (χ0v) is 13.8. The van der Waals surface area contributed by atoms with Gasteiger partial charge >= 0.3 is 0 Å². The van der Waals surface area contributed by atoms with Crippen LogP contribution in [-0.2, 0) is 0 Å². The third kappa shape index (κ3) is 4.83. The molecule has 3 nitrogen and oxygen atoms in total. The van der Waals surface area contributed by atoms with E-state index in [0.717, 1.165) is 44.5 Å². The normalized spacial score (nSPS) is 18.8. The van der Waals surface area contributed by atoms with Crippen LogP contribution in [0.1, 0.15) is 51.2 Å². The van der Waals surface area contributed by atoms with E-state index in [1.54, 1.807) is 0 Å². The van der Waals surface area contributed by atoms with Gasteiger partial charge in [-0.2, -0.15) is 5.26 Å². The van der Waals surface area contributed by atoms with Crippen LogP contribution >= 0.6 is 0 Å². The molecule has 1 aliphatic heterocycles. The van der Waals surface area contributed by atoms with E-state index in [1.807, 2.05) is 30.3 Å². The van der Waals surface area contributed by atoms with E-state index in [2.05, 4.69) is 24.8 Å². The number of hydrogen-bond acceptors (Lipinski definition) is 3. The summed E-state index contributed by atoms with van der Waals surface area (Å²) in [6.45, 7) is 7.63. The largest absolute Gasteiger partial charge is 0.388 e. The summed E-state index contributed by atoms with van der Waals surface area (Å²) in [5.74, 6) is 0.362. The summed E-state index contributed by atoms with van der Waals surface area (Å²) >= 11 is 0. The van der Waals surface area contributed by atoms with Gasteiger partial charge < -0.3 is 10.0 Å². The second-order valence-electron chi connectivity index (χ2n) is 7.29. The van der Waals surface area contributed by atoms with Gasteiger partial charge in [-0.15, -0.1) is 0 Å². The molecule has 0 spiro atoms. The predicted octanol–water partition coefficient (Wildman–Crippen LogP) is 3.76. The molecule has 0 amide bonds. The van der Waals surface area contributed by atoms with E-state index in [-0.39, 0.29) is 11.5 Å². The molecule has 1 unspecified atom stereocenters. The van der Waals surface area contributed by atoms with Gasteiger partial charge in [-0.3, -0.25) is 0 Å². The zero-order valence-electron chi connectivity index (χ0n) is 13.8. The molecule has 1 N–H and O–H groups in total. The van der Waals surface area contributed by atoms with E-state index >= 15 is 0 Å². The highest BCUT2D eigenvalue weighted by atomic mass is 16.3. The van der Waals surface area contributed by atoms with Crippen molar-refractivity contribution >= 4 is 0 Å². The van der Waals surface area contributed by atoms with Crippen LogP contribution in [0.3, 0.4) is 0 Å². The Hall–Kier alpha value is -1.37. The third-order valence-electron chi connectivity index (χ3n) is 4.79. The molecular weight excluding hydrogens is 272 g/mol. The Bertz CT molecular complexity index is 484. The van der Waals surface area contributed by atoms with E-state index < -0.39 is 0 Å². The lowest BCUT2D eigenvalue weighted by atomic mass is 9.84. The van der Waals surface area contributed by atoms with Crippen LogP contribution in [-0.4, -0.2) is 29.6 Å². The number of piperidine rings is 1. The van der Waals surface area contributed by atoms with Gasteiger partial charge in [0.15, 0.2) is 0 Å². The van der Waals surface area contributed by atoms with Gasteiger partial charge in [0.1, 0.15) is 0 Å². The summed E-state index contributed by atoms with van der Waals surface area (Å²) in [6, 6.07) is 12.3. The summed E-state index contributed by atoms with van der Waals surface area (Å²) in [7, 11) is 0. The Morgan fingerprint density at radius 1 is 1.27 bits per heavy atom. The van der Waals surface area contributed by atoms with Crippen molar-refractivity contribution in [3.63, 3.8) is 0 Å². The van der Waals surface area contributed by atoms with Gasteiger partial charge in [0.05, 0.1) is 12.2 Å². The van der Waals surface area contributed by atoms with E-state index in [1.165, 1.54) is 0 Å². The minimum Gasteiger partial charge on any atom is -0.388 e. The number of rotatable bonds is 6. The van der Waals surface area contributed by atoms with Crippen LogP contribution in [0.25, 0.3) is 0 Å². The fourth-order valence-electron chi connectivity index (χ4n) is 3.43. The van der Waals surface area contributed by atoms with Crippen molar-refractivity contribution in [2.75, 3.05) is 19.6 Å². The van der Waals surface area contributed by atoms with E-state index in [4.69, 9.17) is 5.26 Å². The van der Waals surface area contributed by atoms with Crippen molar-refractivity contribution < 1.29 is 5.11 Å². The molecule has 3 heteroatoms. The SMILES string of the molecule is CC(C)(CCC#N)CN1CCC(C(O)c2ccccc2)CC1. The molecule has 0 radical (unpaired) electrons. The maximum absolute atomic E-state index is 10.5. The summed E-state index contributed by atoms with van der Waals surface area (Å²) in [5.41, 5.74) is 1.23. The molecule has 1 aromatic rings. The van der Waals surface area contributed by atoms with Gasteiger partial charge in [0.2, 0.25) is 0 Å². The monoisotopic (exact) mass is 300 g/mol. The number of benzene rings is 1. The van der Waals surface area contributed by atoms with E-state index in [0.29, 0.717) is 12.3 Å². The molecule has 120 valence electrons. The molecule has 1 aliphatic rings. The fraction of sp³-hybridized carbons (Fsp3) is 0.632. The van der Waals surface area contributed by atoms with Gasteiger partial charge in [-0.05, 0) is 49.2 Å². The fourth-order valence-corrected chi connectivity index (χ4v) is 3.43. The van der Waals surface area contributed by atoms with Crippen molar-refractivity contribution in [3.8, 4) is 6.07 Å². The maximum Gasteiger partial charge on any atom is 0.0819 e. The molecule has 0 bridgehead atoms. The Morgan fingerprint density at radius 2 is 1.91 bits per heavy atom. The summed E-state index contributed by atoms with van der Waals surface area (Å²) < 4.78 is 0. The van der Waals surface area contributed by atoms with Crippen LogP contribution in [0, 0.1) is 22.7 Å². The van der Waals surface area contributed by atoms with Crippen molar-refractivity contribution in [3.05, 3.63) is 35.9 Å². The third-order valence-corrected chi connectivity index (χ3v) is 4.79. The Labute approximate surface area is 134 Å². The van der Waals surface area contributed by atoms with Gasteiger partial charge in [0.25, 0.3) is 0 Å². The average molecular weight is 300 g/mol. The van der Waals surface area contributed by atoms with Crippen LogP contribution < -0.4 is 0 Å². The minimum absolute atomic E-state index is 0.195. The molecule has 0 aromatic heterocycles. The van der Waals surface area contributed by atoms with Gasteiger partial charge in [0, 0.05) is 13.0 Å². The molecule has 2 rings (SSSR count). The minimum atomic E-state index is -0.338. The average Bonchev–Trinajstić information content (AvgIpc) is 2.53. The molecular formula is C19H28N2O. The molecule has 0 aliphatic carbocycles. The van der Waals surface area contributed by atoms with Crippen LogP contribution in [0.4, 0.5) is 0 Å². The number of aliphatic hydroxyl groups is 1. The standard InChI is InChI=1S/C19H28N2O/c1-19(2,11-6-12-20)15-21-13-9-17(10-14-21)18(22)16-7-4-3-5-8-16/h3-5,7-8,17-18,22H,6,9-11,13-15H2,1-2H3. The quantitative estimate of drug-likeness (QED) is 0.870. The van der Waals surface area contributed by atoms with Gasteiger partial charge in [-0.25, -0.2) is 0 Å². The molecule has 1 fully saturated rings. The van der Waals surface area contributed by atoms with Crippen molar-refractivity contribution in [2.45, 2.75) is 45.6 Å². The Kier molecular flexibility index (Phi) is 5.99. The number of nitriles is 1.